The Hall–Kier alpha value is -2.29. The number of likely N-dealkylation sites (tertiary alicyclic amines) is 1. The van der Waals surface area contributed by atoms with Crippen LogP contribution in [0.5, 0.6) is 0 Å². The number of aryl methyl sites for hydroxylation is 1. The Labute approximate surface area is 141 Å². The van der Waals surface area contributed by atoms with Crippen LogP contribution in [0.15, 0.2) is 48.5 Å². The van der Waals surface area contributed by atoms with Crippen molar-refractivity contribution in [2.24, 2.45) is 5.92 Å². The minimum Gasteiger partial charge on any atom is -0.340 e. The number of hydrogen-bond acceptors (Lipinski definition) is 1. The standard InChI is InChI=1S/C21H22N2O/c24-21-15-10-11-16(14-15)22(21)12-5-13-23-19-8-3-1-6-17(19)18-7-2-4-9-20(18)23/h1-4,6-9,15-16H,5,10-14H2. The van der Waals surface area contributed by atoms with E-state index < -0.39 is 0 Å². The first-order chi connectivity index (χ1) is 11.8. The lowest BCUT2D eigenvalue weighted by atomic mass is 10.1. The van der Waals surface area contributed by atoms with Crippen LogP contribution in [0.4, 0.5) is 0 Å². The van der Waals surface area contributed by atoms with E-state index in [2.05, 4.69) is 58.0 Å². The smallest absolute Gasteiger partial charge is 0.226 e. The van der Waals surface area contributed by atoms with E-state index in [1.807, 2.05) is 0 Å². The number of piperidine rings is 1. The van der Waals surface area contributed by atoms with Crippen LogP contribution >= 0.6 is 0 Å². The lowest BCUT2D eigenvalue weighted by Gasteiger charge is -2.27. The Balaban J connectivity index is 1.41. The summed E-state index contributed by atoms with van der Waals surface area (Å²) in [6.07, 6.45) is 4.46. The van der Waals surface area contributed by atoms with Crippen molar-refractivity contribution < 1.29 is 4.79 Å². The molecule has 3 nitrogen and oxygen atoms in total. The molecule has 2 fully saturated rings. The summed E-state index contributed by atoms with van der Waals surface area (Å²) in [6, 6.07) is 17.8. The SMILES string of the molecule is O=C1C2CCC(C2)N1CCCn1c2ccccc2c2ccccc21. The van der Waals surface area contributed by atoms with Gasteiger partial charge in [0.2, 0.25) is 5.91 Å². The Morgan fingerprint density at radius 3 is 2.17 bits per heavy atom. The molecular weight excluding hydrogens is 296 g/mol. The topological polar surface area (TPSA) is 25.2 Å². The van der Waals surface area contributed by atoms with E-state index in [0.29, 0.717) is 17.9 Å². The molecule has 5 rings (SSSR count). The number of carbonyl (C=O) groups excluding carboxylic acids is 1. The fourth-order valence-corrected chi connectivity index (χ4v) is 4.82. The van der Waals surface area contributed by atoms with Crippen LogP contribution in [0.1, 0.15) is 25.7 Å². The third kappa shape index (κ3) is 2.00. The molecule has 2 atom stereocenters. The van der Waals surface area contributed by atoms with E-state index in [9.17, 15) is 4.79 Å². The number of carbonyl (C=O) groups is 1. The van der Waals surface area contributed by atoms with Gasteiger partial charge in [0, 0.05) is 46.9 Å². The van der Waals surface area contributed by atoms with Gasteiger partial charge in [-0.25, -0.2) is 0 Å². The second kappa shape index (κ2) is 5.37. The summed E-state index contributed by atoms with van der Waals surface area (Å²) < 4.78 is 2.42. The van der Waals surface area contributed by atoms with Crippen molar-refractivity contribution in [1.29, 1.82) is 0 Å². The average molecular weight is 318 g/mol. The first-order valence-electron chi connectivity index (χ1n) is 9.09. The molecule has 0 radical (unpaired) electrons. The summed E-state index contributed by atoms with van der Waals surface area (Å²) >= 11 is 0. The highest BCUT2D eigenvalue weighted by molar-refractivity contribution is 6.07. The Morgan fingerprint density at radius 2 is 1.54 bits per heavy atom. The van der Waals surface area contributed by atoms with Crippen molar-refractivity contribution in [3.8, 4) is 0 Å². The van der Waals surface area contributed by atoms with E-state index in [-0.39, 0.29) is 0 Å². The molecule has 2 heterocycles. The maximum Gasteiger partial charge on any atom is 0.226 e. The number of hydrogen-bond donors (Lipinski definition) is 0. The van der Waals surface area contributed by atoms with Gasteiger partial charge in [-0.05, 0) is 37.8 Å². The third-order valence-electron chi connectivity index (χ3n) is 5.94. The minimum absolute atomic E-state index is 0.336. The maximum atomic E-state index is 12.3. The average Bonchev–Trinajstić information content (AvgIpc) is 3.29. The number of aromatic nitrogens is 1. The van der Waals surface area contributed by atoms with Gasteiger partial charge in [-0.2, -0.15) is 0 Å². The highest BCUT2D eigenvalue weighted by Gasteiger charge is 2.43. The molecule has 2 bridgehead atoms. The fourth-order valence-electron chi connectivity index (χ4n) is 4.82. The van der Waals surface area contributed by atoms with Gasteiger partial charge in [0.1, 0.15) is 0 Å². The lowest BCUT2D eigenvalue weighted by Crippen LogP contribution is -2.37. The molecule has 3 aromatic rings. The number of amides is 1. The lowest BCUT2D eigenvalue weighted by molar-refractivity contribution is -0.134. The Kier molecular flexibility index (Phi) is 3.15. The molecule has 0 spiro atoms. The van der Waals surface area contributed by atoms with Crippen LogP contribution in [0.2, 0.25) is 0 Å². The quantitative estimate of drug-likeness (QED) is 0.708. The van der Waals surface area contributed by atoms with Crippen molar-refractivity contribution in [2.75, 3.05) is 6.54 Å². The van der Waals surface area contributed by atoms with Crippen LogP contribution in [0, 0.1) is 5.92 Å². The summed E-state index contributed by atoms with van der Waals surface area (Å²) in [5.41, 5.74) is 2.60. The van der Waals surface area contributed by atoms with Gasteiger partial charge in [-0.1, -0.05) is 36.4 Å². The normalized spacial score (nSPS) is 23.0. The van der Waals surface area contributed by atoms with Gasteiger partial charge in [0.15, 0.2) is 0 Å². The number of fused-ring (bicyclic) bond motifs is 5. The summed E-state index contributed by atoms with van der Waals surface area (Å²) in [6.45, 7) is 1.87. The highest BCUT2D eigenvalue weighted by Crippen LogP contribution is 2.38. The van der Waals surface area contributed by atoms with Gasteiger partial charge < -0.3 is 9.47 Å². The molecule has 3 heteroatoms. The van der Waals surface area contributed by atoms with Gasteiger partial charge in [0.05, 0.1) is 0 Å². The largest absolute Gasteiger partial charge is 0.340 e. The molecule has 1 saturated carbocycles. The van der Waals surface area contributed by atoms with E-state index in [4.69, 9.17) is 0 Å². The number of para-hydroxylation sites is 2. The molecule has 2 aliphatic rings. The van der Waals surface area contributed by atoms with Crippen LogP contribution < -0.4 is 0 Å². The predicted molar refractivity (Wildman–Crippen MR) is 96.9 cm³/mol. The molecule has 2 aromatic carbocycles. The van der Waals surface area contributed by atoms with E-state index >= 15 is 0 Å². The summed E-state index contributed by atoms with van der Waals surface area (Å²) in [4.78, 5) is 14.5. The zero-order valence-corrected chi connectivity index (χ0v) is 13.8. The zero-order chi connectivity index (χ0) is 16.1. The monoisotopic (exact) mass is 318 g/mol. The van der Waals surface area contributed by atoms with Gasteiger partial charge in [-0.15, -0.1) is 0 Å². The molecule has 1 saturated heterocycles. The second-order valence-corrected chi connectivity index (χ2v) is 7.23. The molecule has 1 aromatic heterocycles. The molecule has 1 aliphatic heterocycles. The second-order valence-electron chi connectivity index (χ2n) is 7.23. The Morgan fingerprint density at radius 1 is 0.875 bits per heavy atom. The molecule has 122 valence electrons. The van der Waals surface area contributed by atoms with Gasteiger partial charge in [-0.3, -0.25) is 4.79 Å². The van der Waals surface area contributed by atoms with Crippen molar-refractivity contribution >= 4 is 27.7 Å². The summed E-state index contributed by atoms with van der Waals surface area (Å²) in [5, 5.41) is 2.65. The minimum atomic E-state index is 0.336. The summed E-state index contributed by atoms with van der Waals surface area (Å²) in [7, 11) is 0. The van der Waals surface area contributed by atoms with E-state index in [1.165, 1.54) is 28.2 Å². The number of rotatable bonds is 4. The van der Waals surface area contributed by atoms with Crippen LogP contribution in [-0.2, 0) is 11.3 Å². The van der Waals surface area contributed by atoms with Crippen molar-refractivity contribution in [3.63, 3.8) is 0 Å². The van der Waals surface area contributed by atoms with Crippen LogP contribution in [0.3, 0.4) is 0 Å². The third-order valence-corrected chi connectivity index (χ3v) is 5.94. The molecule has 2 unspecified atom stereocenters. The van der Waals surface area contributed by atoms with Gasteiger partial charge in [0.25, 0.3) is 0 Å². The predicted octanol–water partition coefficient (Wildman–Crippen LogP) is 4.20. The highest BCUT2D eigenvalue weighted by atomic mass is 16.2. The van der Waals surface area contributed by atoms with E-state index in [1.54, 1.807) is 0 Å². The first kappa shape index (κ1) is 14.1. The van der Waals surface area contributed by atoms with Crippen molar-refractivity contribution in [2.45, 2.75) is 38.3 Å². The van der Waals surface area contributed by atoms with Crippen LogP contribution in [0.25, 0.3) is 21.8 Å². The van der Waals surface area contributed by atoms with Gasteiger partial charge >= 0.3 is 0 Å². The Bertz CT molecular complexity index is 873. The van der Waals surface area contributed by atoms with Crippen molar-refractivity contribution in [3.05, 3.63) is 48.5 Å². The van der Waals surface area contributed by atoms with Crippen LogP contribution in [-0.4, -0.2) is 28.0 Å². The van der Waals surface area contributed by atoms with E-state index in [0.717, 1.165) is 32.4 Å². The molecule has 1 aliphatic carbocycles. The summed E-state index contributed by atoms with van der Waals surface area (Å²) in [5.74, 6) is 0.747. The van der Waals surface area contributed by atoms with Crippen molar-refractivity contribution in [1.82, 2.24) is 9.47 Å². The number of nitrogens with zero attached hydrogens (tertiary/aromatic N) is 2. The molecule has 0 N–H and O–H groups in total. The molecule has 24 heavy (non-hydrogen) atoms. The fraction of sp³-hybridized carbons (Fsp3) is 0.381. The molecule has 1 amide bonds. The first-order valence-corrected chi connectivity index (χ1v) is 9.09. The zero-order valence-electron chi connectivity index (χ0n) is 13.8. The molecular formula is C21H22N2O. The number of benzene rings is 2. The maximum absolute atomic E-state index is 12.3.